The third kappa shape index (κ3) is 23.2. The molecule has 0 atom stereocenters. The van der Waals surface area contributed by atoms with Gasteiger partial charge in [0, 0.05) is 0 Å². The average Bonchev–Trinajstić information content (AvgIpc) is 1.87. The first-order chi connectivity index (χ1) is 5.47. The lowest BCUT2D eigenvalue weighted by Gasteiger charge is -2.16. The van der Waals surface area contributed by atoms with Gasteiger partial charge in [0.2, 0.25) is 0 Å². The SMILES string of the molecule is C=COC(C)(C)C.C=COC=C. The molecule has 0 radical (unpaired) electrons. The summed E-state index contributed by atoms with van der Waals surface area (Å²) in [5.74, 6) is 0. The fraction of sp³-hybridized carbons (Fsp3) is 0.400. The molecular formula is C10H18O2. The third-order valence-electron chi connectivity index (χ3n) is 0.629. The number of hydrogen-bond donors (Lipinski definition) is 0. The average molecular weight is 170 g/mol. The van der Waals surface area contributed by atoms with Gasteiger partial charge in [-0.2, -0.15) is 0 Å². The molecule has 0 fully saturated rings. The number of ether oxygens (including phenoxy) is 2. The molecule has 0 unspecified atom stereocenters. The maximum atomic E-state index is 4.99. The van der Waals surface area contributed by atoms with Gasteiger partial charge in [-0.05, 0) is 20.8 Å². The smallest absolute Gasteiger partial charge is 0.0997 e. The number of hydrogen-bond acceptors (Lipinski definition) is 2. The second-order valence-electron chi connectivity index (χ2n) is 2.87. The highest BCUT2D eigenvalue weighted by Crippen LogP contribution is 2.05. The summed E-state index contributed by atoms with van der Waals surface area (Å²) in [5, 5.41) is 0. The van der Waals surface area contributed by atoms with E-state index in [0.29, 0.717) is 0 Å². The minimum absolute atomic E-state index is 0.0677. The lowest BCUT2D eigenvalue weighted by molar-refractivity contribution is 0.0775. The molecule has 0 amide bonds. The maximum Gasteiger partial charge on any atom is 0.0997 e. The summed E-state index contributed by atoms with van der Waals surface area (Å²) in [6, 6.07) is 0. The Kier molecular flexibility index (Phi) is 8.85. The van der Waals surface area contributed by atoms with Crippen LogP contribution in [0, 0.1) is 0 Å². The van der Waals surface area contributed by atoms with E-state index in [4.69, 9.17) is 4.74 Å². The van der Waals surface area contributed by atoms with Gasteiger partial charge in [-0.3, -0.25) is 0 Å². The predicted octanol–water partition coefficient (Wildman–Crippen LogP) is 3.24. The van der Waals surface area contributed by atoms with Crippen molar-refractivity contribution in [1.29, 1.82) is 0 Å². The van der Waals surface area contributed by atoms with Crippen LogP contribution in [0.15, 0.2) is 38.5 Å². The topological polar surface area (TPSA) is 18.5 Å². The molecule has 0 bridgehead atoms. The zero-order chi connectivity index (χ0) is 10.0. The molecule has 0 aromatic rings. The van der Waals surface area contributed by atoms with Crippen LogP contribution in [0.3, 0.4) is 0 Å². The van der Waals surface area contributed by atoms with Gasteiger partial charge in [-0.1, -0.05) is 19.7 Å². The van der Waals surface area contributed by atoms with Gasteiger partial charge in [0.25, 0.3) is 0 Å². The van der Waals surface area contributed by atoms with Gasteiger partial charge in [0.15, 0.2) is 0 Å². The summed E-state index contributed by atoms with van der Waals surface area (Å²) in [5.41, 5.74) is -0.0677. The minimum atomic E-state index is -0.0677. The zero-order valence-corrected chi connectivity index (χ0v) is 8.17. The van der Waals surface area contributed by atoms with Gasteiger partial charge in [0.05, 0.1) is 24.4 Å². The van der Waals surface area contributed by atoms with E-state index in [9.17, 15) is 0 Å². The van der Waals surface area contributed by atoms with Crippen molar-refractivity contribution in [1.82, 2.24) is 0 Å². The van der Waals surface area contributed by atoms with Gasteiger partial charge >= 0.3 is 0 Å². The molecule has 12 heavy (non-hydrogen) atoms. The first-order valence-electron chi connectivity index (χ1n) is 3.64. The van der Waals surface area contributed by atoms with Crippen LogP contribution in [-0.2, 0) is 9.47 Å². The van der Waals surface area contributed by atoms with Crippen molar-refractivity contribution in [3.05, 3.63) is 38.5 Å². The molecule has 70 valence electrons. The Morgan fingerprint density at radius 1 is 0.917 bits per heavy atom. The highest BCUT2D eigenvalue weighted by molar-refractivity contribution is 4.63. The Hall–Kier alpha value is -1.18. The minimum Gasteiger partial charge on any atom is -0.496 e. The predicted molar refractivity (Wildman–Crippen MR) is 52.5 cm³/mol. The molecule has 0 saturated heterocycles. The standard InChI is InChI=1S/C6H12O.C4H6O/c1-5-7-6(2,3)4;1-3-5-4-2/h5H,1H2,2-4H3;3-4H,1-2H2. The highest BCUT2D eigenvalue weighted by Gasteiger charge is 2.05. The molecule has 0 rings (SSSR count). The zero-order valence-electron chi connectivity index (χ0n) is 8.17. The van der Waals surface area contributed by atoms with Crippen molar-refractivity contribution in [2.24, 2.45) is 0 Å². The quantitative estimate of drug-likeness (QED) is 0.605. The molecule has 0 aromatic heterocycles. The molecule has 0 heterocycles. The molecule has 0 saturated carbocycles. The Labute approximate surface area is 75.2 Å². The largest absolute Gasteiger partial charge is 0.496 e. The monoisotopic (exact) mass is 170 g/mol. The van der Waals surface area contributed by atoms with E-state index in [1.165, 1.54) is 18.8 Å². The van der Waals surface area contributed by atoms with Crippen LogP contribution in [0.4, 0.5) is 0 Å². The van der Waals surface area contributed by atoms with Crippen LogP contribution in [0.25, 0.3) is 0 Å². The van der Waals surface area contributed by atoms with Crippen LogP contribution in [0.2, 0.25) is 0 Å². The van der Waals surface area contributed by atoms with Crippen LogP contribution in [0.5, 0.6) is 0 Å². The normalized spacial score (nSPS) is 8.58. The van der Waals surface area contributed by atoms with Crippen LogP contribution < -0.4 is 0 Å². The molecular weight excluding hydrogens is 152 g/mol. The summed E-state index contributed by atoms with van der Waals surface area (Å²) in [6.45, 7) is 15.9. The third-order valence-corrected chi connectivity index (χ3v) is 0.629. The van der Waals surface area contributed by atoms with E-state index < -0.39 is 0 Å². The van der Waals surface area contributed by atoms with E-state index in [1.54, 1.807) is 0 Å². The van der Waals surface area contributed by atoms with Gasteiger partial charge in [-0.25, -0.2) is 0 Å². The van der Waals surface area contributed by atoms with Crippen molar-refractivity contribution in [3.63, 3.8) is 0 Å². The fourth-order valence-corrected chi connectivity index (χ4v) is 0.318. The van der Waals surface area contributed by atoms with Crippen molar-refractivity contribution < 1.29 is 9.47 Å². The van der Waals surface area contributed by atoms with E-state index >= 15 is 0 Å². The molecule has 0 aliphatic heterocycles. The second kappa shape index (κ2) is 7.92. The van der Waals surface area contributed by atoms with Crippen molar-refractivity contribution in [3.8, 4) is 0 Å². The molecule has 2 heteroatoms. The van der Waals surface area contributed by atoms with Gasteiger partial charge in [0.1, 0.15) is 0 Å². The van der Waals surface area contributed by atoms with Crippen LogP contribution >= 0.6 is 0 Å². The lowest BCUT2D eigenvalue weighted by atomic mass is 10.2. The first-order valence-corrected chi connectivity index (χ1v) is 3.64. The number of rotatable bonds is 3. The van der Waals surface area contributed by atoms with Crippen molar-refractivity contribution >= 4 is 0 Å². The van der Waals surface area contributed by atoms with E-state index in [-0.39, 0.29) is 5.60 Å². The Balaban J connectivity index is 0. The summed E-state index contributed by atoms with van der Waals surface area (Å²) in [6.07, 6.45) is 4.08. The van der Waals surface area contributed by atoms with Gasteiger partial charge < -0.3 is 9.47 Å². The molecule has 0 spiro atoms. The highest BCUT2D eigenvalue weighted by atomic mass is 16.5. The summed E-state index contributed by atoms with van der Waals surface area (Å²) in [7, 11) is 0. The first kappa shape index (κ1) is 13.4. The molecule has 0 N–H and O–H groups in total. The Morgan fingerprint density at radius 2 is 1.33 bits per heavy atom. The van der Waals surface area contributed by atoms with Crippen LogP contribution in [-0.4, -0.2) is 5.60 Å². The summed E-state index contributed by atoms with van der Waals surface area (Å²) >= 11 is 0. The molecule has 0 aromatic carbocycles. The Bertz CT molecular complexity index is 125. The summed E-state index contributed by atoms with van der Waals surface area (Å²) in [4.78, 5) is 0. The van der Waals surface area contributed by atoms with Crippen LogP contribution in [0.1, 0.15) is 20.8 Å². The van der Waals surface area contributed by atoms with Crippen molar-refractivity contribution in [2.75, 3.05) is 0 Å². The lowest BCUT2D eigenvalue weighted by Crippen LogP contribution is -2.14. The maximum absolute atomic E-state index is 4.99. The summed E-state index contributed by atoms with van der Waals surface area (Å²) < 4.78 is 9.35. The second-order valence-corrected chi connectivity index (χ2v) is 2.87. The van der Waals surface area contributed by atoms with E-state index in [1.807, 2.05) is 20.8 Å². The van der Waals surface area contributed by atoms with E-state index in [0.717, 1.165) is 0 Å². The Morgan fingerprint density at radius 3 is 1.33 bits per heavy atom. The molecule has 2 nitrogen and oxygen atoms in total. The molecule has 0 aliphatic rings. The van der Waals surface area contributed by atoms with E-state index in [2.05, 4.69) is 24.5 Å². The van der Waals surface area contributed by atoms with Gasteiger partial charge in [-0.15, -0.1) is 0 Å². The molecule has 0 aliphatic carbocycles. The van der Waals surface area contributed by atoms with Crippen molar-refractivity contribution in [2.45, 2.75) is 26.4 Å². The fourth-order valence-electron chi connectivity index (χ4n) is 0.318.